The van der Waals surface area contributed by atoms with E-state index in [0.717, 1.165) is 18.1 Å². The van der Waals surface area contributed by atoms with E-state index in [4.69, 9.17) is 16.3 Å². The molecule has 0 bridgehead atoms. The highest BCUT2D eigenvalue weighted by Crippen LogP contribution is 2.19. The second-order valence-electron chi connectivity index (χ2n) is 5.93. The first-order valence-corrected chi connectivity index (χ1v) is 8.78. The summed E-state index contributed by atoms with van der Waals surface area (Å²) in [5.74, 6) is -1.95. The third-order valence-corrected chi connectivity index (χ3v) is 4.32. The number of hydrogen-bond donors (Lipinski definition) is 1. The molecule has 1 amide bonds. The van der Waals surface area contributed by atoms with Gasteiger partial charge in [-0.05, 0) is 37.1 Å². The number of nitrogens with one attached hydrogen (secondary N) is 1. The van der Waals surface area contributed by atoms with Gasteiger partial charge in [0.05, 0.1) is 5.56 Å². The van der Waals surface area contributed by atoms with E-state index in [0.29, 0.717) is 6.54 Å². The maximum Gasteiger partial charge on any atom is 0.341 e. The minimum atomic E-state index is -1.05. The molecule has 4 nitrogen and oxygen atoms in total. The van der Waals surface area contributed by atoms with Crippen molar-refractivity contribution >= 4 is 23.5 Å². The molecule has 138 valence electrons. The number of ether oxygens (including phenoxy) is 1. The first-order chi connectivity index (χ1) is 12.4. The summed E-state index contributed by atoms with van der Waals surface area (Å²) >= 11 is 5.77. The summed E-state index contributed by atoms with van der Waals surface area (Å²) in [7, 11) is 0. The smallest absolute Gasteiger partial charge is 0.341 e. The number of carbonyl (C=O) groups excluding carboxylic acids is 2. The Kier molecular flexibility index (Phi) is 7.16. The molecule has 0 heterocycles. The molecule has 0 saturated carbocycles. The van der Waals surface area contributed by atoms with Crippen molar-refractivity contribution in [2.45, 2.75) is 32.3 Å². The highest BCUT2D eigenvalue weighted by atomic mass is 35.5. The van der Waals surface area contributed by atoms with Gasteiger partial charge in [0.2, 0.25) is 0 Å². The molecule has 2 atom stereocenters. The molecule has 1 N–H and O–H groups in total. The van der Waals surface area contributed by atoms with Gasteiger partial charge in [0.15, 0.2) is 6.10 Å². The van der Waals surface area contributed by atoms with Crippen molar-refractivity contribution in [3.63, 3.8) is 0 Å². The van der Waals surface area contributed by atoms with Crippen LogP contribution in [0.2, 0.25) is 5.02 Å². The van der Waals surface area contributed by atoms with Crippen LogP contribution in [0.1, 0.15) is 42.1 Å². The Bertz CT molecular complexity index is 767. The number of benzene rings is 2. The molecule has 0 fully saturated rings. The minimum absolute atomic E-state index is 0.161. The van der Waals surface area contributed by atoms with E-state index < -0.39 is 23.8 Å². The zero-order chi connectivity index (χ0) is 19.1. The van der Waals surface area contributed by atoms with Crippen molar-refractivity contribution in [1.29, 1.82) is 0 Å². The van der Waals surface area contributed by atoms with E-state index in [9.17, 15) is 14.0 Å². The summed E-state index contributed by atoms with van der Waals surface area (Å²) < 4.78 is 18.8. The van der Waals surface area contributed by atoms with Crippen LogP contribution >= 0.6 is 11.6 Å². The molecule has 0 aliphatic heterocycles. The van der Waals surface area contributed by atoms with Gasteiger partial charge in [0, 0.05) is 17.5 Å². The maximum absolute atomic E-state index is 13.7. The van der Waals surface area contributed by atoms with Crippen LogP contribution in [0.25, 0.3) is 0 Å². The van der Waals surface area contributed by atoms with Gasteiger partial charge >= 0.3 is 5.97 Å². The molecule has 2 rings (SSSR count). The van der Waals surface area contributed by atoms with Crippen LogP contribution in [0.5, 0.6) is 0 Å². The predicted octanol–water partition coefficient (Wildman–Crippen LogP) is 4.33. The number of rotatable bonds is 7. The lowest BCUT2D eigenvalue weighted by Crippen LogP contribution is -2.38. The highest BCUT2D eigenvalue weighted by molar-refractivity contribution is 6.30. The predicted molar refractivity (Wildman–Crippen MR) is 98.8 cm³/mol. The van der Waals surface area contributed by atoms with Gasteiger partial charge in [-0.25, -0.2) is 9.18 Å². The Morgan fingerprint density at radius 1 is 1.19 bits per heavy atom. The number of halogens is 2. The van der Waals surface area contributed by atoms with Crippen molar-refractivity contribution < 1.29 is 18.7 Å². The first kappa shape index (κ1) is 19.9. The maximum atomic E-state index is 13.7. The molecule has 2 aromatic rings. The SMILES string of the molecule is CC[C@H](CNC(=O)[C@H](C)OC(=O)c1cc(Cl)ccc1F)c1ccccc1. The summed E-state index contributed by atoms with van der Waals surface area (Å²) in [5.41, 5.74) is 0.828. The minimum Gasteiger partial charge on any atom is -0.449 e. The van der Waals surface area contributed by atoms with Gasteiger partial charge in [-0.3, -0.25) is 4.79 Å². The van der Waals surface area contributed by atoms with Crippen LogP contribution in [0.15, 0.2) is 48.5 Å². The third kappa shape index (κ3) is 5.30. The summed E-state index contributed by atoms with van der Waals surface area (Å²) in [4.78, 5) is 24.3. The topological polar surface area (TPSA) is 55.4 Å². The Labute approximate surface area is 157 Å². The Morgan fingerprint density at radius 2 is 1.88 bits per heavy atom. The van der Waals surface area contributed by atoms with Gasteiger partial charge in [-0.15, -0.1) is 0 Å². The largest absolute Gasteiger partial charge is 0.449 e. The Hall–Kier alpha value is -2.40. The standard InChI is InChI=1S/C20H21ClFNO3/c1-3-14(15-7-5-4-6-8-15)12-23-19(24)13(2)26-20(25)17-11-16(21)9-10-18(17)22/h4-11,13-14H,3,12H2,1-2H3,(H,23,24)/t13-,14+/m0/s1. The van der Waals surface area contributed by atoms with Gasteiger partial charge in [0.1, 0.15) is 5.82 Å². The zero-order valence-electron chi connectivity index (χ0n) is 14.7. The zero-order valence-corrected chi connectivity index (χ0v) is 15.4. The van der Waals surface area contributed by atoms with Crippen LogP contribution in [-0.2, 0) is 9.53 Å². The second-order valence-corrected chi connectivity index (χ2v) is 6.37. The average Bonchev–Trinajstić information content (AvgIpc) is 2.64. The molecular weight excluding hydrogens is 357 g/mol. The van der Waals surface area contributed by atoms with E-state index in [1.54, 1.807) is 0 Å². The first-order valence-electron chi connectivity index (χ1n) is 8.41. The summed E-state index contributed by atoms with van der Waals surface area (Å²) in [6, 6.07) is 13.4. The fourth-order valence-corrected chi connectivity index (χ4v) is 2.69. The third-order valence-electron chi connectivity index (χ3n) is 4.09. The molecule has 26 heavy (non-hydrogen) atoms. The molecular formula is C20H21ClFNO3. The molecule has 2 aromatic carbocycles. The van der Waals surface area contributed by atoms with Crippen LogP contribution in [0, 0.1) is 5.82 Å². The van der Waals surface area contributed by atoms with Crippen molar-refractivity contribution in [3.8, 4) is 0 Å². The van der Waals surface area contributed by atoms with Crippen LogP contribution < -0.4 is 5.32 Å². The highest BCUT2D eigenvalue weighted by Gasteiger charge is 2.22. The van der Waals surface area contributed by atoms with Crippen molar-refractivity contribution in [1.82, 2.24) is 5.32 Å². The Morgan fingerprint density at radius 3 is 2.54 bits per heavy atom. The Balaban J connectivity index is 1.92. The second kappa shape index (κ2) is 9.34. The fourth-order valence-electron chi connectivity index (χ4n) is 2.52. The number of carbonyl (C=O) groups is 2. The van der Waals surface area contributed by atoms with E-state index in [2.05, 4.69) is 5.32 Å². The lowest BCUT2D eigenvalue weighted by atomic mass is 9.96. The van der Waals surface area contributed by atoms with Crippen LogP contribution in [-0.4, -0.2) is 24.5 Å². The van der Waals surface area contributed by atoms with Crippen molar-refractivity contribution in [2.24, 2.45) is 0 Å². The molecule has 6 heteroatoms. The van der Waals surface area contributed by atoms with Crippen molar-refractivity contribution in [3.05, 3.63) is 70.5 Å². The molecule has 0 aromatic heterocycles. The fraction of sp³-hybridized carbons (Fsp3) is 0.300. The summed E-state index contributed by atoms with van der Waals surface area (Å²) in [6.45, 7) is 3.90. The van der Waals surface area contributed by atoms with E-state index >= 15 is 0 Å². The van der Waals surface area contributed by atoms with Gasteiger partial charge in [-0.2, -0.15) is 0 Å². The molecule has 0 aliphatic rings. The number of esters is 1. The summed E-state index contributed by atoms with van der Waals surface area (Å²) in [5, 5.41) is 2.99. The van der Waals surface area contributed by atoms with Crippen LogP contribution in [0.3, 0.4) is 0 Å². The van der Waals surface area contributed by atoms with E-state index in [1.807, 2.05) is 37.3 Å². The molecule has 0 radical (unpaired) electrons. The van der Waals surface area contributed by atoms with Gasteiger partial charge in [-0.1, -0.05) is 48.9 Å². The average molecular weight is 378 g/mol. The molecule has 0 spiro atoms. The van der Waals surface area contributed by atoms with Gasteiger partial charge in [0.25, 0.3) is 5.91 Å². The van der Waals surface area contributed by atoms with E-state index in [-0.39, 0.29) is 16.5 Å². The molecule has 0 unspecified atom stereocenters. The molecule has 0 aliphatic carbocycles. The van der Waals surface area contributed by atoms with Crippen molar-refractivity contribution in [2.75, 3.05) is 6.54 Å². The van der Waals surface area contributed by atoms with Gasteiger partial charge < -0.3 is 10.1 Å². The normalized spacial score (nSPS) is 12.9. The number of amides is 1. The lowest BCUT2D eigenvalue weighted by molar-refractivity contribution is -0.129. The summed E-state index contributed by atoms with van der Waals surface area (Å²) in [6.07, 6.45) is -0.194. The lowest BCUT2D eigenvalue weighted by Gasteiger charge is -2.18. The molecule has 0 saturated heterocycles. The monoisotopic (exact) mass is 377 g/mol. The van der Waals surface area contributed by atoms with E-state index in [1.165, 1.54) is 19.1 Å². The quantitative estimate of drug-likeness (QED) is 0.730. The van der Waals surface area contributed by atoms with Crippen LogP contribution in [0.4, 0.5) is 4.39 Å². The number of hydrogen-bond acceptors (Lipinski definition) is 3.